The highest BCUT2D eigenvalue weighted by Gasteiger charge is 2.35. The third kappa shape index (κ3) is 3.68. The van der Waals surface area contributed by atoms with Crippen LogP contribution >= 0.6 is 0 Å². The zero-order valence-corrected chi connectivity index (χ0v) is 11.3. The van der Waals surface area contributed by atoms with Crippen LogP contribution in [-0.4, -0.2) is 62.3 Å². The molecule has 1 aliphatic rings. The molecule has 0 bridgehead atoms. The first kappa shape index (κ1) is 14.9. The van der Waals surface area contributed by atoms with Crippen molar-refractivity contribution in [3.63, 3.8) is 0 Å². The van der Waals surface area contributed by atoms with E-state index in [1.54, 1.807) is 6.92 Å². The van der Waals surface area contributed by atoms with Gasteiger partial charge in [-0.3, -0.25) is 14.5 Å². The summed E-state index contributed by atoms with van der Waals surface area (Å²) in [5, 5.41) is 2.83. The number of carbonyl (C=O) groups is 2. The van der Waals surface area contributed by atoms with E-state index in [1.807, 2.05) is 11.8 Å². The minimum Gasteiger partial charge on any atom is -0.468 e. The summed E-state index contributed by atoms with van der Waals surface area (Å²) in [7, 11) is 1.34. The van der Waals surface area contributed by atoms with Crippen molar-refractivity contribution in [2.75, 3.05) is 33.4 Å². The molecule has 104 valence electrons. The van der Waals surface area contributed by atoms with Crippen molar-refractivity contribution in [3.05, 3.63) is 0 Å². The Morgan fingerprint density at radius 1 is 1.56 bits per heavy atom. The highest BCUT2D eigenvalue weighted by atomic mass is 16.5. The molecule has 6 nitrogen and oxygen atoms in total. The van der Waals surface area contributed by atoms with E-state index in [4.69, 9.17) is 9.47 Å². The van der Waals surface area contributed by atoms with Crippen LogP contribution in [0.5, 0.6) is 0 Å². The molecule has 0 radical (unpaired) electrons. The minimum atomic E-state index is -0.494. The van der Waals surface area contributed by atoms with Gasteiger partial charge in [0.25, 0.3) is 0 Å². The maximum Gasteiger partial charge on any atom is 0.325 e. The lowest BCUT2D eigenvalue weighted by Crippen LogP contribution is -2.57. The molecule has 0 aromatic rings. The van der Waals surface area contributed by atoms with Crippen LogP contribution < -0.4 is 5.32 Å². The molecule has 0 aromatic heterocycles. The van der Waals surface area contributed by atoms with Crippen molar-refractivity contribution in [1.82, 2.24) is 10.2 Å². The predicted molar refractivity (Wildman–Crippen MR) is 66.1 cm³/mol. The van der Waals surface area contributed by atoms with E-state index in [9.17, 15) is 9.59 Å². The molecule has 2 unspecified atom stereocenters. The predicted octanol–water partition coefficient (Wildman–Crippen LogP) is -0.225. The second kappa shape index (κ2) is 7.33. The quantitative estimate of drug-likeness (QED) is 0.690. The third-order valence-electron chi connectivity index (χ3n) is 3.07. The lowest BCUT2D eigenvalue weighted by Gasteiger charge is -2.37. The van der Waals surface area contributed by atoms with Gasteiger partial charge in [-0.25, -0.2) is 0 Å². The van der Waals surface area contributed by atoms with Gasteiger partial charge >= 0.3 is 5.97 Å². The van der Waals surface area contributed by atoms with Crippen LogP contribution in [0.1, 0.15) is 20.3 Å². The normalized spacial score (nSPS) is 22.3. The molecule has 0 aliphatic carbocycles. The van der Waals surface area contributed by atoms with Crippen molar-refractivity contribution < 1.29 is 19.1 Å². The van der Waals surface area contributed by atoms with Gasteiger partial charge < -0.3 is 14.8 Å². The Bertz CT molecular complexity index is 296. The summed E-state index contributed by atoms with van der Waals surface area (Å²) >= 11 is 0. The lowest BCUT2D eigenvalue weighted by atomic mass is 10.1. The zero-order chi connectivity index (χ0) is 13.5. The van der Waals surface area contributed by atoms with E-state index in [-0.39, 0.29) is 24.5 Å². The molecule has 0 spiro atoms. The molecule has 1 amide bonds. The van der Waals surface area contributed by atoms with Gasteiger partial charge in [-0.05, 0) is 13.3 Å². The van der Waals surface area contributed by atoms with Crippen LogP contribution in [0.25, 0.3) is 0 Å². The van der Waals surface area contributed by atoms with Crippen LogP contribution in [0.3, 0.4) is 0 Å². The summed E-state index contributed by atoms with van der Waals surface area (Å²) in [6.45, 7) is 5.80. The van der Waals surface area contributed by atoms with E-state index < -0.39 is 6.04 Å². The SMILES string of the molecule is CCCNC(=O)C(C)N1CCOCC1C(=O)OC. The Balaban J connectivity index is 2.64. The first-order valence-electron chi connectivity index (χ1n) is 6.30. The molecule has 1 saturated heterocycles. The fourth-order valence-corrected chi connectivity index (χ4v) is 1.97. The summed E-state index contributed by atoms with van der Waals surface area (Å²) < 4.78 is 10.0. The standard InChI is InChI=1S/C12H22N2O4/c1-4-5-13-11(15)9(2)14-6-7-18-8-10(14)12(16)17-3/h9-10H,4-8H2,1-3H3,(H,13,15). The Hall–Kier alpha value is -1.14. The molecular weight excluding hydrogens is 236 g/mol. The number of nitrogens with one attached hydrogen (secondary N) is 1. The fourth-order valence-electron chi connectivity index (χ4n) is 1.97. The highest BCUT2D eigenvalue weighted by molar-refractivity contribution is 5.83. The summed E-state index contributed by atoms with van der Waals surface area (Å²) in [6, 6.07) is -0.851. The van der Waals surface area contributed by atoms with Gasteiger partial charge in [0.05, 0.1) is 26.4 Å². The molecule has 1 heterocycles. The topological polar surface area (TPSA) is 67.9 Å². The van der Waals surface area contributed by atoms with E-state index in [0.29, 0.717) is 19.7 Å². The number of hydrogen-bond donors (Lipinski definition) is 1. The molecule has 2 atom stereocenters. The Morgan fingerprint density at radius 3 is 2.89 bits per heavy atom. The van der Waals surface area contributed by atoms with Gasteiger partial charge in [0.2, 0.25) is 5.91 Å². The number of ether oxygens (including phenoxy) is 2. The Labute approximate surface area is 108 Å². The second-order valence-electron chi connectivity index (χ2n) is 4.32. The molecule has 1 rings (SSSR count). The summed E-state index contributed by atoms with van der Waals surface area (Å²) in [5.74, 6) is -0.419. The average molecular weight is 258 g/mol. The third-order valence-corrected chi connectivity index (χ3v) is 3.07. The second-order valence-corrected chi connectivity index (χ2v) is 4.32. The average Bonchev–Trinajstić information content (AvgIpc) is 2.43. The number of carbonyl (C=O) groups excluding carboxylic acids is 2. The van der Waals surface area contributed by atoms with E-state index in [0.717, 1.165) is 6.42 Å². The van der Waals surface area contributed by atoms with Crippen molar-refractivity contribution in [2.45, 2.75) is 32.4 Å². The number of esters is 1. The molecule has 0 saturated carbocycles. The molecular formula is C12H22N2O4. The van der Waals surface area contributed by atoms with Gasteiger partial charge in [0, 0.05) is 13.1 Å². The first-order valence-corrected chi connectivity index (χ1v) is 6.30. The smallest absolute Gasteiger partial charge is 0.325 e. The van der Waals surface area contributed by atoms with Crippen LogP contribution in [0.15, 0.2) is 0 Å². The number of hydrogen-bond acceptors (Lipinski definition) is 5. The van der Waals surface area contributed by atoms with Gasteiger partial charge in [0.15, 0.2) is 0 Å². The highest BCUT2D eigenvalue weighted by Crippen LogP contribution is 2.12. The van der Waals surface area contributed by atoms with Crippen LogP contribution in [-0.2, 0) is 19.1 Å². The molecule has 18 heavy (non-hydrogen) atoms. The van der Waals surface area contributed by atoms with Crippen molar-refractivity contribution in [1.29, 1.82) is 0 Å². The number of methoxy groups -OCH3 is 1. The molecule has 1 aliphatic heterocycles. The fraction of sp³-hybridized carbons (Fsp3) is 0.833. The molecule has 0 aromatic carbocycles. The minimum absolute atomic E-state index is 0.0624. The van der Waals surface area contributed by atoms with Gasteiger partial charge in [-0.15, -0.1) is 0 Å². The lowest BCUT2D eigenvalue weighted by molar-refractivity contribution is -0.156. The molecule has 6 heteroatoms. The maximum atomic E-state index is 11.9. The van der Waals surface area contributed by atoms with Crippen LogP contribution in [0.2, 0.25) is 0 Å². The summed E-state index contributed by atoms with van der Waals surface area (Å²) in [5.41, 5.74) is 0. The Morgan fingerprint density at radius 2 is 2.28 bits per heavy atom. The van der Waals surface area contributed by atoms with Crippen LogP contribution in [0, 0.1) is 0 Å². The summed E-state index contributed by atoms with van der Waals surface area (Å²) in [6.07, 6.45) is 0.891. The molecule has 1 N–H and O–H groups in total. The van der Waals surface area contributed by atoms with E-state index in [1.165, 1.54) is 7.11 Å². The van der Waals surface area contributed by atoms with Crippen molar-refractivity contribution in [3.8, 4) is 0 Å². The largest absolute Gasteiger partial charge is 0.468 e. The monoisotopic (exact) mass is 258 g/mol. The number of rotatable bonds is 5. The molecule has 1 fully saturated rings. The van der Waals surface area contributed by atoms with Crippen LogP contribution in [0.4, 0.5) is 0 Å². The number of nitrogens with zero attached hydrogens (tertiary/aromatic N) is 1. The van der Waals surface area contributed by atoms with Crippen molar-refractivity contribution in [2.24, 2.45) is 0 Å². The summed E-state index contributed by atoms with van der Waals surface area (Å²) in [4.78, 5) is 25.4. The number of amides is 1. The maximum absolute atomic E-state index is 11.9. The van der Waals surface area contributed by atoms with Gasteiger partial charge in [-0.1, -0.05) is 6.92 Å². The number of morpholine rings is 1. The zero-order valence-electron chi connectivity index (χ0n) is 11.3. The van der Waals surface area contributed by atoms with Gasteiger partial charge in [0.1, 0.15) is 6.04 Å². The Kier molecular flexibility index (Phi) is 6.07. The first-order chi connectivity index (χ1) is 8.61. The van der Waals surface area contributed by atoms with E-state index >= 15 is 0 Å². The van der Waals surface area contributed by atoms with Crippen molar-refractivity contribution >= 4 is 11.9 Å². The van der Waals surface area contributed by atoms with E-state index in [2.05, 4.69) is 5.32 Å². The van der Waals surface area contributed by atoms with Gasteiger partial charge in [-0.2, -0.15) is 0 Å².